The molecule has 1 aromatic heterocycles. The van der Waals surface area contributed by atoms with Gasteiger partial charge in [0.25, 0.3) is 5.91 Å². The topological polar surface area (TPSA) is 128 Å². The van der Waals surface area contributed by atoms with Crippen molar-refractivity contribution in [2.45, 2.75) is 40.0 Å². The maximum atomic E-state index is 12.7. The quantitative estimate of drug-likeness (QED) is 0.482. The van der Waals surface area contributed by atoms with Crippen molar-refractivity contribution >= 4 is 29.3 Å². The lowest BCUT2D eigenvalue weighted by Gasteiger charge is -2.08. The number of nitrogens with one attached hydrogen (secondary N) is 3. The smallest absolute Gasteiger partial charge is 0.322 e. The van der Waals surface area contributed by atoms with Crippen LogP contribution >= 0.6 is 0 Å². The Morgan fingerprint density at radius 1 is 1.10 bits per heavy atom. The van der Waals surface area contributed by atoms with Crippen LogP contribution in [0.3, 0.4) is 0 Å². The van der Waals surface area contributed by atoms with Crippen molar-refractivity contribution in [1.29, 1.82) is 0 Å². The molecule has 4 N–H and O–H groups in total. The molecule has 0 saturated carbocycles. The van der Waals surface area contributed by atoms with Crippen molar-refractivity contribution in [2.24, 2.45) is 0 Å². The van der Waals surface area contributed by atoms with Crippen LogP contribution < -0.4 is 10.6 Å². The Balaban J connectivity index is 2.10. The first kappa shape index (κ1) is 21.9. The van der Waals surface area contributed by atoms with E-state index in [-0.39, 0.29) is 18.1 Å². The number of Topliss-reactive ketones (excluding diaryl/α,β-unsaturated/α-hetero) is 1. The Morgan fingerprint density at radius 2 is 1.76 bits per heavy atom. The number of amides is 2. The first-order valence-electron chi connectivity index (χ1n) is 9.34. The molecular formula is C21H25N3O5. The van der Waals surface area contributed by atoms with Crippen LogP contribution in [-0.4, -0.2) is 40.2 Å². The number of rotatable bonds is 9. The second-order valence-electron chi connectivity index (χ2n) is 6.78. The molecule has 0 atom stereocenters. The summed E-state index contributed by atoms with van der Waals surface area (Å²) >= 11 is 0. The van der Waals surface area contributed by atoms with E-state index in [4.69, 9.17) is 5.11 Å². The van der Waals surface area contributed by atoms with Crippen molar-refractivity contribution in [3.8, 4) is 0 Å². The zero-order chi connectivity index (χ0) is 21.6. The van der Waals surface area contributed by atoms with Gasteiger partial charge in [-0.2, -0.15) is 0 Å². The molecule has 0 aliphatic rings. The zero-order valence-electron chi connectivity index (χ0n) is 16.7. The summed E-state index contributed by atoms with van der Waals surface area (Å²) in [7, 11) is 0. The van der Waals surface area contributed by atoms with E-state index in [0.29, 0.717) is 34.6 Å². The summed E-state index contributed by atoms with van der Waals surface area (Å²) in [6.45, 7) is 4.82. The molecule has 1 aromatic carbocycles. The van der Waals surface area contributed by atoms with Gasteiger partial charge < -0.3 is 20.7 Å². The number of anilines is 1. The van der Waals surface area contributed by atoms with Crippen LogP contribution in [0.15, 0.2) is 24.3 Å². The largest absolute Gasteiger partial charge is 0.480 e. The van der Waals surface area contributed by atoms with Crippen LogP contribution in [0, 0.1) is 6.92 Å². The van der Waals surface area contributed by atoms with Gasteiger partial charge in [-0.1, -0.05) is 25.5 Å². The summed E-state index contributed by atoms with van der Waals surface area (Å²) in [4.78, 5) is 49.9. The maximum absolute atomic E-state index is 12.7. The number of hydrogen-bond donors (Lipinski definition) is 4. The van der Waals surface area contributed by atoms with E-state index < -0.39 is 18.4 Å². The lowest BCUT2D eigenvalue weighted by molar-refractivity contribution is -0.137. The Bertz CT molecular complexity index is 929. The number of carbonyl (C=O) groups excluding carboxylic acids is 3. The average Bonchev–Trinajstić information content (AvgIpc) is 2.98. The lowest BCUT2D eigenvalue weighted by Crippen LogP contribution is -2.30. The molecule has 8 nitrogen and oxygen atoms in total. The zero-order valence-corrected chi connectivity index (χ0v) is 16.7. The summed E-state index contributed by atoms with van der Waals surface area (Å²) in [6.07, 6.45) is 1.46. The molecule has 29 heavy (non-hydrogen) atoms. The normalized spacial score (nSPS) is 10.4. The average molecular weight is 399 g/mol. The van der Waals surface area contributed by atoms with Gasteiger partial charge in [0.2, 0.25) is 5.91 Å². The summed E-state index contributed by atoms with van der Waals surface area (Å²) in [5.41, 5.74) is 3.58. The van der Waals surface area contributed by atoms with Gasteiger partial charge in [-0.25, -0.2) is 0 Å². The first-order valence-corrected chi connectivity index (χ1v) is 9.34. The summed E-state index contributed by atoms with van der Waals surface area (Å²) in [6, 6.07) is 6.70. The molecule has 1 heterocycles. The Labute approximate surface area is 168 Å². The molecule has 0 unspecified atom stereocenters. The molecule has 2 rings (SSSR count). The molecule has 0 aliphatic carbocycles. The van der Waals surface area contributed by atoms with Gasteiger partial charge in [-0.15, -0.1) is 0 Å². The number of aromatic nitrogens is 1. The number of aliphatic carboxylic acids is 1. The summed E-state index contributed by atoms with van der Waals surface area (Å²) in [5.74, 6) is -1.92. The number of benzene rings is 1. The van der Waals surface area contributed by atoms with Crippen LogP contribution in [-0.2, 0) is 22.4 Å². The van der Waals surface area contributed by atoms with Gasteiger partial charge in [0.1, 0.15) is 12.2 Å². The molecule has 0 spiro atoms. The molecule has 0 saturated heterocycles. The van der Waals surface area contributed by atoms with Crippen LogP contribution in [0.25, 0.3) is 0 Å². The third kappa shape index (κ3) is 5.78. The van der Waals surface area contributed by atoms with E-state index in [2.05, 4.69) is 15.6 Å². The molecular weight excluding hydrogens is 374 g/mol. The highest BCUT2D eigenvalue weighted by atomic mass is 16.4. The van der Waals surface area contributed by atoms with Crippen LogP contribution in [0.1, 0.15) is 57.9 Å². The van der Waals surface area contributed by atoms with Gasteiger partial charge >= 0.3 is 5.97 Å². The number of aromatic amines is 1. The molecule has 2 amide bonds. The van der Waals surface area contributed by atoms with Gasteiger partial charge in [0.05, 0.1) is 6.42 Å². The standard InChI is InChI=1S/C21H25N3O5/c1-4-5-16-19(13(3)25)12(2)23-20(16)21(29)24-15-8-6-14(7-9-15)10-17(26)22-11-18(27)28/h6-9,23H,4-5,10-11H2,1-3H3,(H,22,26)(H,24,29)(H,27,28). The Hall–Kier alpha value is -3.42. The van der Waals surface area contributed by atoms with Gasteiger partial charge in [-0.3, -0.25) is 19.2 Å². The highest BCUT2D eigenvalue weighted by molar-refractivity contribution is 6.07. The number of hydrogen-bond acceptors (Lipinski definition) is 4. The van der Waals surface area contributed by atoms with Crippen molar-refractivity contribution in [3.05, 3.63) is 52.3 Å². The van der Waals surface area contributed by atoms with Crippen molar-refractivity contribution < 1.29 is 24.3 Å². The minimum atomic E-state index is -1.11. The number of ketones is 1. The summed E-state index contributed by atoms with van der Waals surface area (Å²) in [5, 5.41) is 13.7. The minimum Gasteiger partial charge on any atom is -0.480 e. The van der Waals surface area contributed by atoms with Crippen LogP contribution in [0.5, 0.6) is 0 Å². The van der Waals surface area contributed by atoms with E-state index in [1.807, 2.05) is 6.92 Å². The fourth-order valence-electron chi connectivity index (χ4n) is 3.17. The van der Waals surface area contributed by atoms with E-state index in [9.17, 15) is 19.2 Å². The monoisotopic (exact) mass is 399 g/mol. The van der Waals surface area contributed by atoms with Gasteiger partial charge in [-0.05, 0) is 43.5 Å². The van der Waals surface area contributed by atoms with Gasteiger partial charge in [0.15, 0.2) is 5.78 Å². The second-order valence-corrected chi connectivity index (χ2v) is 6.78. The highest BCUT2D eigenvalue weighted by Crippen LogP contribution is 2.22. The number of carbonyl (C=O) groups is 4. The number of aryl methyl sites for hydroxylation is 1. The van der Waals surface area contributed by atoms with E-state index in [1.165, 1.54) is 6.92 Å². The molecule has 154 valence electrons. The molecule has 2 aromatic rings. The molecule has 8 heteroatoms. The summed E-state index contributed by atoms with van der Waals surface area (Å²) < 4.78 is 0. The van der Waals surface area contributed by atoms with Gasteiger partial charge in [0, 0.05) is 16.9 Å². The number of carboxylic acid groups (broad SMARTS) is 1. The number of carboxylic acids is 1. The Morgan fingerprint density at radius 3 is 2.31 bits per heavy atom. The molecule has 0 radical (unpaired) electrons. The van der Waals surface area contributed by atoms with E-state index in [1.54, 1.807) is 31.2 Å². The van der Waals surface area contributed by atoms with Crippen molar-refractivity contribution in [3.63, 3.8) is 0 Å². The van der Waals surface area contributed by atoms with Crippen molar-refractivity contribution in [2.75, 3.05) is 11.9 Å². The van der Waals surface area contributed by atoms with Crippen molar-refractivity contribution in [1.82, 2.24) is 10.3 Å². The number of H-pyrrole nitrogens is 1. The van der Waals surface area contributed by atoms with Crippen LogP contribution in [0.4, 0.5) is 5.69 Å². The predicted octanol–water partition coefficient (Wildman–Crippen LogP) is 2.47. The minimum absolute atomic E-state index is 0.0416. The molecule has 0 fully saturated rings. The van der Waals surface area contributed by atoms with E-state index >= 15 is 0 Å². The highest BCUT2D eigenvalue weighted by Gasteiger charge is 2.22. The third-order valence-corrected chi connectivity index (χ3v) is 4.38. The van der Waals surface area contributed by atoms with Crippen LogP contribution in [0.2, 0.25) is 0 Å². The third-order valence-electron chi connectivity index (χ3n) is 4.38. The fraction of sp³-hybridized carbons (Fsp3) is 0.333. The fourth-order valence-corrected chi connectivity index (χ4v) is 3.17. The SMILES string of the molecule is CCCc1c(C(=O)Nc2ccc(CC(=O)NCC(=O)O)cc2)[nH]c(C)c1C(C)=O. The first-order chi connectivity index (χ1) is 13.7. The molecule has 0 aliphatic heterocycles. The predicted molar refractivity (Wildman–Crippen MR) is 108 cm³/mol. The Kier molecular flexibility index (Phi) is 7.30. The lowest BCUT2D eigenvalue weighted by atomic mass is 10.0. The maximum Gasteiger partial charge on any atom is 0.322 e. The second kappa shape index (κ2) is 9.68. The molecule has 0 bridgehead atoms. The van der Waals surface area contributed by atoms with E-state index in [0.717, 1.165) is 12.0 Å².